The Balaban J connectivity index is 2.28. The molecule has 2 rings (SSSR count). The van der Waals surface area contributed by atoms with E-state index in [2.05, 4.69) is 40.5 Å². The third kappa shape index (κ3) is 3.68. The zero-order chi connectivity index (χ0) is 15.2. The smallest absolute Gasteiger partial charge is 0.240 e. The van der Waals surface area contributed by atoms with Crippen LogP contribution in [0.15, 0.2) is 30.5 Å². The first-order valence-corrected chi connectivity index (χ1v) is 6.64. The lowest BCUT2D eigenvalue weighted by Gasteiger charge is -2.18. The first kappa shape index (κ1) is 15.2. The molecule has 1 aromatic carbocycles. The second-order valence-electron chi connectivity index (χ2n) is 4.72. The number of hydrazine groups is 1. The lowest BCUT2D eigenvalue weighted by Crippen LogP contribution is -2.30. The van der Waals surface area contributed by atoms with Gasteiger partial charge in [0.25, 0.3) is 0 Å². The van der Waals surface area contributed by atoms with Crippen molar-refractivity contribution in [2.45, 2.75) is 19.4 Å². The summed E-state index contributed by atoms with van der Waals surface area (Å²) in [6, 6.07) is 8.06. The number of hydrogen-bond acceptors (Lipinski definition) is 6. The largest absolute Gasteiger partial charge is 0.480 e. The summed E-state index contributed by atoms with van der Waals surface area (Å²) in [7, 11) is 3.09. The molecule has 1 unspecified atom stereocenters. The topological polar surface area (TPSA) is 82.3 Å². The number of nitrogens with zero attached hydrogens (tertiary/aromatic N) is 2. The molecule has 0 bridgehead atoms. The second kappa shape index (κ2) is 7.01. The van der Waals surface area contributed by atoms with Crippen LogP contribution >= 0.6 is 0 Å². The van der Waals surface area contributed by atoms with E-state index in [1.165, 1.54) is 12.7 Å². The summed E-state index contributed by atoms with van der Waals surface area (Å²) >= 11 is 0. The van der Waals surface area contributed by atoms with Gasteiger partial charge in [-0.2, -0.15) is 4.98 Å². The Bertz CT molecular complexity index is 604. The molecule has 21 heavy (non-hydrogen) atoms. The van der Waals surface area contributed by atoms with Crippen molar-refractivity contribution >= 4 is 0 Å². The van der Waals surface area contributed by atoms with E-state index < -0.39 is 0 Å². The van der Waals surface area contributed by atoms with E-state index in [4.69, 9.17) is 15.3 Å². The van der Waals surface area contributed by atoms with Gasteiger partial charge in [0.15, 0.2) is 0 Å². The Labute approximate surface area is 124 Å². The van der Waals surface area contributed by atoms with Crippen LogP contribution in [0.5, 0.6) is 11.8 Å². The van der Waals surface area contributed by atoms with E-state index >= 15 is 0 Å². The van der Waals surface area contributed by atoms with Gasteiger partial charge in [-0.1, -0.05) is 29.8 Å². The minimum Gasteiger partial charge on any atom is -0.480 e. The van der Waals surface area contributed by atoms with Gasteiger partial charge in [-0.25, -0.2) is 4.98 Å². The fourth-order valence-corrected chi connectivity index (χ4v) is 2.16. The van der Waals surface area contributed by atoms with Crippen LogP contribution in [0.2, 0.25) is 0 Å². The maximum absolute atomic E-state index is 5.68. The fraction of sp³-hybridized carbons (Fsp3) is 0.333. The number of benzene rings is 1. The Hall–Kier alpha value is -2.18. The summed E-state index contributed by atoms with van der Waals surface area (Å²) in [5.74, 6) is 6.49. The van der Waals surface area contributed by atoms with Gasteiger partial charge in [-0.3, -0.25) is 11.3 Å². The van der Waals surface area contributed by atoms with Crippen molar-refractivity contribution in [3.8, 4) is 11.8 Å². The van der Waals surface area contributed by atoms with Crippen LogP contribution in [0.25, 0.3) is 0 Å². The molecule has 6 nitrogen and oxygen atoms in total. The summed E-state index contributed by atoms with van der Waals surface area (Å²) in [4.78, 5) is 8.59. The molecule has 0 saturated carbocycles. The number of nitrogens with one attached hydrogen (secondary N) is 1. The molecular weight excluding hydrogens is 268 g/mol. The number of nitrogens with two attached hydrogens (primary N) is 1. The van der Waals surface area contributed by atoms with Crippen molar-refractivity contribution in [1.82, 2.24) is 15.4 Å². The Morgan fingerprint density at radius 1 is 1.29 bits per heavy atom. The highest BCUT2D eigenvalue weighted by Crippen LogP contribution is 2.25. The SMILES string of the molecule is COc1cnc(C(Cc2cccc(C)c2)NN)c(OC)n1. The van der Waals surface area contributed by atoms with Gasteiger partial charge >= 0.3 is 0 Å². The Morgan fingerprint density at radius 3 is 2.71 bits per heavy atom. The zero-order valence-corrected chi connectivity index (χ0v) is 12.5. The van der Waals surface area contributed by atoms with Crippen molar-refractivity contribution in [1.29, 1.82) is 0 Å². The van der Waals surface area contributed by atoms with Crippen LogP contribution in [0.3, 0.4) is 0 Å². The molecule has 6 heteroatoms. The van der Waals surface area contributed by atoms with Crippen LogP contribution in [-0.2, 0) is 6.42 Å². The minimum absolute atomic E-state index is 0.194. The predicted octanol–water partition coefficient (Wildman–Crippen LogP) is 1.55. The average Bonchev–Trinajstić information content (AvgIpc) is 2.52. The van der Waals surface area contributed by atoms with Gasteiger partial charge in [-0.05, 0) is 18.9 Å². The lowest BCUT2D eigenvalue weighted by atomic mass is 10.0. The average molecular weight is 288 g/mol. The summed E-state index contributed by atoms with van der Waals surface area (Å²) in [6.07, 6.45) is 2.24. The third-order valence-corrected chi connectivity index (χ3v) is 3.20. The van der Waals surface area contributed by atoms with Crippen molar-refractivity contribution in [3.63, 3.8) is 0 Å². The van der Waals surface area contributed by atoms with Gasteiger partial charge in [0, 0.05) is 0 Å². The molecule has 0 radical (unpaired) electrons. The highest BCUT2D eigenvalue weighted by atomic mass is 16.5. The van der Waals surface area contributed by atoms with E-state index in [9.17, 15) is 0 Å². The summed E-state index contributed by atoms with van der Waals surface area (Å²) < 4.78 is 10.3. The monoisotopic (exact) mass is 288 g/mol. The van der Waals surface area contributed by atoms with Crippen molar-refractivity contribution in [3.05, 3.63) is 47.3 Å². The molecule has 0 aliphatic carbocycles. The fourth-order valence-electron chi connectivity index (χ4n) is 2.16. The van der Waals surface area contributed by atoms with Crippen molar-refractivity contribution in [2.75, 3.05) is 14.2 Å². The molecule has 0 aliphatic rings. The number of aryl methyl sites for hydroxylation is 1. The Morgan fingerprint density at radius 2 is 2.10 bits per heavy atom. The van der Waals surface area contributed by atoms with Crippen LogP contribution in [0.4, 0.5) is 0 Å². The Kier molecular flexibility index (Phi) is 5.08. The first-order chi connectivity index (χ1) is 10.2. The molecule has 0 amide bonds. The molecular formula is C15H20N4O2. The number of ether oxygens (including phenoxy) is 2. The molecule has 1 aromatic heterocycles. The molecule has 1 heterocycles. The molecule has 112 valence electrons. The van der Waals surface area contributed by atoms with Crippen molar-refractivity contribution < 1.29 is 9.47 Å². The molecule has 0 aliphatic heterocycles. The first-order valence-electron chi connectivity index (χ1n) is 6.64. The summed E-state index contributed by atoms with van der Waals surface area (Å²) in [5.41, 5.74) is 5.80. The third-order valence-electron chi connectivity index (χ3n) is 3.20. The maximum atomic E-state index is 5.68. The number of rotatable bonds is 6. The number of methoxy groups -OCH3 is 2. The van der Waals surface area contributed by atoms with E-state index in [1.807, 2.05) is 6.07 Å². The number of aromatic nitrogens is 2. The highest BCUT2D eigenvalue weighted by molar-refractivity contribution is 5.29. The predicted molar refractivity (Wildman–Crippen MR) is 80.1 cm³/mol. The van der Waals surface area contributed by atoms with Crippen LogP contribution in [-0.4, -0.2) is 24.2 Å². The van der Waals surface area contributed by atoms with E-state index in [0.29, 0.717) is 23.9 Å². The number of hydrogen-bond donors (Lipinski definition) is 2. The minimum atomic E-state index is -0.194. The van der Waals surface area contributed by atoms with Crippen LogP contribution in [0.1, 0.15) is 22.9 Å². The van der Waals surface area contributed by atoms with E-state index in [0.717, 1.165) is 5.56 Å². The van der Waals surface area contributed by atoms with Gasteiger partial charge in [0.2, 0.25) is 11.8 Å². The molecule has 1 atom stereocenters. The maximum Gasteiger partial charge on any atom is 0.240 e. The standard InChI is InChI=1S/C15H20N4O2/c1-10-5-4-6-11(7-10)8-12(19-16)14-15(21-3)18-13(20-2)9-17-14/h4-7,9,12,19H,8,16H2,1-3H3. The molecule has 2 aromatic rings. The van der Waals surface area contributed by atoms with Crippen LogP contribution < -0.4 is 20.7 Å². The van der Waals surface area contributed by atoms with Crippen molar-refractivity contribution in [2.24, 2.45) is 5.84 Å². The van der Waals surface area contributed by atoms with Gasteiger partial charge < -0.3 is 9.47 Å². The van der Waals surface area contributed by atoms with Gasteiger partial charge in [-0.15, -0.1) is 0 Å². The molecule has 0 fully saturated rings. The molecule has 0 saturated heterocycles. The normalized spacial score (nSPS) is 12.0. The summed E-state index contributed by atoms with van der Waals surface area (Å²) in [5, 5.41) is 0. The summed E-state index contributed by atoms with van der Waals surface area (Å²) in [6.45, 7) is 2.06. The van der Waals surface area contributed by atoms with Crippen LogP contribution in [0, 0.1) is 6.92 Å². The zero-order valence-electron chi connectivity index (χ0n) is 12.5. The van der Waals surface area contributed by atoms with Gasteiger partial charge in [0.1, 0.15) is 5.69 Å². The molecule has 0 spiro atoms. The van der Waals surface area contributed by atoms with Gasteiger partial charge in [0.05, 0.1) is 26.5 Å². The van der Waals surface area contributed by atoms with E-state index in [-0.39, 0.29) is 6.04 Å². The highest BCUT2D eigenvalue weighted by Gasteiger charge is 2.19. The van der Waals surface area contributed by atoms with E-state index in [1.54, 1.807) is 13.3 Å². The second-order valence-corrected chi connectivity index (χ2v) is 4.72. The molecule has 3 N–H and O–H groups in total. The quantitative estimate of drug-likeness (QED) is 0.620. The lowest BCUT2D eigenvalue weighted by molar-refractivity contribution is 0.349.